The van der Waals surface area contributed by atoms with Gasteiger partial charge < -0.3 is 10.4 Å². The zero-order valence-electron chi connectivity index (χ0n) is 12.0. The van der Waals surface area contributed by atoms with Crippen molar-refractivity contribution >= 4 is 17.6 Å². The Labute approximate surface area is 131 Å². The van der Waals surface area contributed by atoms with Crippen molar-refractivity contribution in [3.05, 3.63) is 75.8 Å². The molecule has 0 aliphatic rings. The van der Waals surface area contributed by atoms with Gasteiger partial charge in [-0.2, -0.15) is 0 Å². The van der Waals surface area contributed by atoms with E-state index in [2.05, 4.69) is 5.32 Å². The minimum Gasteiger partial charge on any atom is -0.481 e. The van der Waals surface area contributed by atoms with Gasteiger partial charge in [-0.1, -0.05) is 36.4 Å². The molecule has 0 radical (unpaired) electrons. The Morgan fingerprint density at radius 1 is 1.13 bits per heavy atom. The Bertz CT molecular complexity index is 730. The lowest BCUT2D eigenvalue weighted by Gasteiger charge is -2.17. The van der Waals surface area contributed by atoms with E-state index < -0.39 is 22.8 Å². The van der Waals surface area contributed by atoms with Crippen molar-refractivity contribution < 1.29 is 19.6 Å². The molecule has 2 N–H and O–H groups in total. The Morgan fingerprint density at radius 3 is 2.43 bits per heavy atom. The van der Waals surface area contributed by atoms with E-state index in [-0.39, 0.29) is 17.7 Å². The molecule has 1 atom stereocenters. The summed E-state index contributed by atoms with van der Waals surface area (Å²) in [6.07, 6.45) is -0.287. The summed E-state index contributed by atoms with van der Waals surface area (Å²) in [6, 6.07) is 13.2. The number of nitro benzene ring substituents is 1. The van der Waals surface area contributed by atoms with Crippen LogP contribution in [0.4, 0.5) is 5.69 Å². The standard InChI is InChI=1S/C16H14N2O5/c19-15(20)10-14(11-5-2-1-3-6-11)17-16(21)12-7-4-8-13(9-12)18(22)23/h1-9,14H,10H2,(H,17,21)(H,19,20). The zero-order valence-corrected chi connectivity index (χ0v) is 12.0. The number of nitrogens with one attached hydrogen (secondary N) is 1. The Hall–Kier alpha value is -3.22. The van der Waals surface area contributed by atoms with Gasteiger partial charge in [-0.25, -0.2) is 0 Å². The first-order valence-corrected chi connectivity index (χ1v) is 6.79. The van der Waals surface area contributed by atoms with Crippen LogP contribution in [0.15, 0.2) is 54.6 Å². The molecule has 1 unspecified atom stereocenters. The lowest BCUT2D eigenvalue weighted by Crippen LogP contribution is -2.30. The van der Waals surface area contributed by atoms with E-state index in [0.717, 1.165) is 6.07 Å². The minimum atomic E-state index is -1.06. The highest BCUT2D eigenvalue weighted by molar-refractivity contribution is 5.95. The van der Waals surface area contributed by atoms with Crippen LogP contribution in [0.1, 0.15) is 28.4 Å². The Kier molecular flexibility index (Phi) is 5.03. The number of hydrogen-bond donors (Lipinski definition) is 2. The maximum atomic E-state index is 12.3. The molecule has 7 heteroatoms. The maximum Gasteiger partial charge on any atom is 0.305 e. The lowest BCUT2D eigenvalue weighted by molar-refractivity contribution is -0.384. The highest BCUT2D eigenvalue weighted by Crippen LogP contribution is 2.19. The summed E-state index contributed by atoms with van der Waals surface area (Å²) >= 11 is 0. The molecule has 0 heterocycles. The van der Waals surface area contributed by atoms with Gasteiger partial charge in [0.1, 0.15) is 0 Å². The molecule has 0 saturated heterocycles. The van der Waals surface area contributed by atoms with E-state index in [1.54, 1.807) is 30.3 Å². The van der Waals surface area contributed by atoms with E-state index >= 15 is 0 Å². The van der Waals surface area contributed by atoms with Crippen LogP contribution in [0.2, 0.25) is 0 Å². The molecular formula is C16H14N2O5. The number of hydrogen-bond acceptors (Lipinski definition) is 4. The van der Waals surface area contributed by atoms with Crippen LogP contribution >= 0.6 is 0 Å². The van der Waals surface area contributed by atoms with Crippen LogP contribution in [0, 0.1) is 10.1 Å². The van der Waals surface area contributed by atoms with E-state index in [0.29, 0.717) is 5.56 Å². The Morgan fingerprint density at radius 2 is 1.83 bits per heavy atom. The normalized spacial score (nSPS) is 11.5. The number of benzene rings is 2. The third-order valence-corrected chi connectivity index (χ3v) is 3.21. The van der Waals surface area contributed by atoms with E-state index in [9.17, 15) is 19.7 Å². The predicted molar refractivity (Wildman–Crippen MR) is 82.0 cm³/mol. The van der Waals surface area contributed by atoms with Crippen molar-refractivity contribution in [2.75, 3.05) is 0 Å². The van der Waals surface area contributed by atoms with Gasteiger partial charge in [0, 0.05) is 17.7 Å². The number of amides is 1. The number of carbonyl (C=O) groups is 2. The van der Waals surface area contributed by atoms with Crippen molar-refractivity contribution in [2.45, 2.75) is 12.5 Å². The molecule has 0 saturated carbocycles. The van der Waals surface area contributed by atoms with Gasteiger partial charge in [-0.15, -0.1) is 0 Å². The van der Waals surface area contributed by atoms with Gasteiger partial charge in [0.2, 0.25) is 0 Å². The summed E-state index contributed by atoms with van der Waals surface area (Å²) in [7, 11) is 0. The highest BCUT2D eigenvalue weighted by Gasteiger charge is 2.19. The second-order valence-corrected chi connectivity index (χ2v) is 4.84. The van der Waals surface area contributed by atoms with Gasteiger partial charge >= 0.3 is 5.97 Å². The molecule has 0 bridgehead atoms. The van der Waals surface area contributed by atoms with Crippen molar-refractivity contribution in [3.63, 3.8) is 0 Å². The number of carboxylic acids is 1. The molecule has 0 fully saturated rings. The topological polar surface area (TPSA) is 110 Å². The third kappa shape index (κ3) is 4.37. The number of aliphatic carboxylic acids is 1. The molecule has 2 aromatic carbocycles. The van der Waals surface area contributed by atoms with E-state index in [1.807, 2.05) is 0 Å². The lowest BCUT2D eigenvalue weighted by atomic mass is 10.0. The van der Waals surface area contributed by atoms with Gasteiger partial charge in [0.15, 0.2) is 0 Å². The summed E-state index contributed by atoms with van der Waals surface area (Å²) in [6.45, 7) is 0. The number of nitrogens with zero attached hydrogens (tertiary/aromatic N) is 1. The number of carbonyl (C=O) groups excluding carboxylic acids is 1. The molecule has 0 aliphatic carbocycles. The average Bonchev–Trinajstić information content (AvgIpc) is 2.54. The Balaban J connectivity index is 2.22. The maximum absolute atomic E-state index is 12.3. The molecule has 118 valence electrons. The summed E-state index contributed by atoms with van der Waals surface area (Å²) in [5, 5.41) is 22.4. The number of non-ortho nitro benzene ring substituents is 1. The molecule has 0 aromatic heterocycles. The zero-order chi connectivity index (χ0) is 16.8. The monoisotopic (exact) mass is 314 g/mol. The first-order valence-electron chi connectivity index (χ1n) is 6.79. The third-order valence-electron chi connectivity index (χ3n) is 3.21. The summed E-state index contributed by atoms with van der Waals surface area (Å²) < 4.78 is 0. The molecule has 7 nitrogen and oxygen atoms in total. The molecular weight excluding hydrogens is 300 g/mol. The summed E-state index contributed by atoms with van der Waals surface area (Å²) in [5.74, 6) is -1.62. The number of rotatable bonds is 6. The summed E-state index contributed by atoms with van der Waals surface area (Å²) in [4.78, 5) is 33.4. The highest BCUT2D eigenvalue weighted by atomic mass is 16.6. The fourth-order valence-corrected chi connectivity index (χ4v) is 2.11. The minimum absolute atomic E-state index is 0.102. The van der Waals surface area contributed by atoms with Crippen molar-refractivity contribution in [1.82, 2.24) is 5.32 Å². The van der Waals surface area contributed by atoms with Crippen molar-refractivity contribution in [2.24, 2.45) is 0 Å². The second kappa shape index (κ2) is 7.17. The van der Waals surface area contributed by atoms with Crippen LogP contribution in [0.3, 0.4) is 0 Å². The quantitative estimate of drug-likeness (QED) is 0.629. The van der Waals surface area contributed by atoms with E-state index in [4.69, 9.17) is 5.11 Å². The molecule has 0 spiro atoms. The van der Waals surface area contributed by atoms with Crippen LogP contribution in [0.25, 0.3) is 0 Å². The first-order chi connectivity index (χ1) is 11.0. The van der Waals surface area contributed by atoms with Crippen LogP contribution in [-0.2, 0) is 4.79 Å². The van der Waals surface area contributed by atoms with Crippen LogP contribution in [-0.4, -0.2) is 21.9 Å². The van der Waals surface area contributed by atoms with E-state index in [1.165, 1.54) is 18.2 Å². The van der Waals surface area contributed by atoms with Gasteiger partial charge in [0.25, 0.3) is 11.6 Å². The molecule has 1 amide bonds. The molecule has 2 rings (SSSR count). The fourth-order valence-electron chi connectivity index (χ4n) is 2.11. The molecule has 0 aliphatic heterocycles. The average molecular weight is 314 g/mol. The molecule has 2 aromatic rings. The van der Waals surface area contributed by atoms with Gasteiger partial charge in [-0.05, 0) is 11.6 Å². The SMILES string of the molecule is O=C(O)CC(NC(=O)c1cccc([N+](=O)[O-])c1)c1ccccc1. The van der Waals surface area contributed by atoms with Crippen LogP contribution in [0.5, 0.6) is 0 Å². The predicted octanol–water partition coefficient (Wildman–Crippen LogP) is 2.54. The fraction of sp³-hybridized carbons (Fsp3) is 0.125. The van der Waals surface area contributed by atoms with Crippen LogP contribution < -0.4 is 5.32 Å². The largest absolute Gasteiger partial charge is 0.481 e. The van der Waals surface area contributed by atoms with Gasteiger partial charge in [-0.3, -0.25) is 19.7 Å². The van der Waals surface area contributed by atoms with Crippen molar-refractivity contribution in [3.8, 4) is 0 Å². The number of nitro groups is 1. The van der Waals surface area contributed by atoms with Gasteiger partial charge in [0.05, 0.1) is 17.4 Å². The van der Waals surface area contributed by atoms with Crippen molar-refractivity contribution in [1.29, 1.82) is 0 Å². The molecule has 23 heavy (non-hydrogen) atoms. The second-order valence-electron chi connectivity index (χ2n) is 4.84. The summed E-state index contributed by atoms with van der Waals surface area (Å²) in [5.41, 5.74) is 0.548. The number of carboxylic acid groups (broad SMARTS) is 1. The smallest absolute Gasteiger partial charge is 0.305 e. The first kappa shape index (κ1) is 16.2.